The molecule has 0 aliphatic rings. The maximum absolute atomic E-state index is 12.2. The lowest BCUT2D eigenvalue weighted by molar-refractivity contribution is -0.145. The minimum atomic E-state index is -0.414. The Morgan fingerprint density at radius 3 is 1.26 bits per heavy atom. The van der Waals surface area contributed by atoms with Crippen molar-refractivity contribution in [1.29, 1.82) is 0 Å². The summed E-state index contributed by atoms with van der Waals surface area (Å²) in [7, 11) is 0. The molecule has 0 aromatic rings. The van der Waals surface area contributed by atoms with Gasteiger partial charge in [0.2, 0.25) is 0 Å². The summed E-state index contributed by atoms with van der Waals surface area (Å²) in [5, 5.41) is 3.05. The molecule has 0 bridgehead atoms. The first-order valence-electron chi connectivity index (χ1n) is 17.0. The Hall–Kier alpha value is -0.900. The van der Waals surface area contributed by atoms with E-state index >= 15 is 0 Å². The lowest BCUT2D eigenvalue weighted by Crippen LogP contribution is -2.38. The lowest BCUT2D eigenvalue weighted by Gasteiger charge is -2.13. The first kappa shape index (κ1) is 37.1. The topological polar surface area (TPSA) is 55.4 Å². The molecule has 0 aromatic heterocycles. The quantitative estimate of drug-likeness (QED) is 0.0706. The van der Waals surface area contributed by atoms with Crippen molar-refractivity contribution < 1.29 is 14.3 Å². The van der Waals surface area contributed by atoms with E-state index in [0.717, 1.165) is 25.7 Å². The van der Waals surface area contributed by atoms with Gasteiger partial charge in [0.15, 0.2) is 0 Å². The van der Waals surface area contributed by atoms with Crippen molar-refractivity contribution >= 4 is 11.8 Å². The summed E-state index contributed by atoms with van der Waals surface area (Å²) >= 11 is 0. The molecule has 1 unspecified atom stereocenters. The van der Waals surface area contributed by atoms with Gasteiger partial charge in [-0.3, -0.25) is 14.9 Å². The molecule has 1 N–H and O–H groups in total. The molecule has 0 heterocycles. The number of rotatable bonds is 31. The highest BCUT2D eigenvalue weighted by molar-refractivity contribution is 5.82. The Morgan fingerprint density at radius 1 is 0.526 bits per heavy atom. The van der Waals surface area contributed by atoms with Gasteiger partial charge < -0.3 is 4.74 Å². The lowest BCUT2D eigenvalue weighted by atomic mass is 10.0. The van der Waals surface area contributed by atoms with Gasteiger partial charge in [0.1, 0.15) is 11.8 Å². The van der Waals surface area contributed by atoms with Gasteiger partial charge in [-0.05, 0) is 19.8 Å². The molecule has 226 valence electrons. The van der Waals surface area contributed by atoms with Crippen molar-refractivity contribution in [3.63, 3.8) is 0 Å². The third-order valence-electron chi connectivity index (χ3n) is 7.76. The normalized spacial score (nSPS) is 12.1. The molecule has 4 nitrogen and oxygen atoms in total. The van der Waals surface area contributed by atoms with Crippen LogP contribution in [-0.4, -0.2) is 30.9 Å². The van der Waals surface area contributed by atoms with Crippen molar-refractivity contribution in [3.05, 3.63) is 0 Å². The molecule has 38 heavy (non-hydrogen) atoms. The second kappa shape index (κ2) is 30.6. The van der Waals surface area contributed by atoms with Gasteiger partial charge in [-0.1, -0.05) is 162 Å². The first-order valence-corrected chi connectivity index (χ1v) is 17.0. The van der Waals surface area contributed by atoms with E-state index in [2.05, 4.69) is 19.2 Å². The molecule has 0 aromatic carbocycles. The molecule has 0 fully saturated rings. The molecule has 0 amide bonds. The number of ether oxygens (including phenoxy) is 1. The average molecular weight is 538 g/mol. The largest absolute Gasteiger partial charge is 0.465 e. The summed E-state index contributed by atoms with van der Waals surface area (Å²) in [5.74, 6) is -0.0327. The minimum Gasteiger partial charge on any atom is -0.465 e. The molecule has 0 saturated heterocycles. The van der Waals surface area contributed by atoms with Crippen LogP contribution in [0, 0.1) is 0 Å². The summed E-state index contributed by atoms with van der Waals surface area (Å²) in [6.07, 6.45) is 33.3. The van der Waals surface area contributed by atoms with Crippen molar-refractivity contribution in [3.8, 4) is 0 Å². The van der Waals surface area contributed by atoms with Crippen LogP contribution >= 0.6 is 0 Å². The maximum Gasteiger partial charge on any atom is 0.322 e. The van der Waals surface area contributed by atoms with Gasteiger partial charge >= 0.3 is 5.97 Å². The Labute approximate surface area is 238 Å². The highest BCUT2D eigenvalue weighted by atomic mass is 16.5. The second-order valence-electron chi connectivity index (χ2n) is 11.7. The number of hydrogen-bond donors (Lipinski definition) is 1. The van der Waals surface area contributed by atoms with Crippen LogP contribution in [-0.2, 0) is 14.3 Å². The molecule has 0 rings (SSSR count). The number of ketones is 1. The van der Waals surface area contributed by atoms with Crippen LogP contribution in [0.15, 0.2) is 0 Å². The average Bonchev–Trinajstić information content (AvgIpc) is 2.92. The fourth-order valence-electron chi connectivity index (χ4n) is 5.02. The van der Waals surface area contributed by atoms with E-state index in [9.17, 15) is 9.59 Å². The molecule has 4 heteroatoms. The maximum atomic E-state index is 12.2. The van der Waals surface area contributed by atoms with E-state index in [0.29, 0.717) is 13.0 Å². The van der Waals surface area contributed by atoms with E-state index in [1.807, 2.05) is 0 Å². The summed E-state index contributed by atoms with van der Waals surface area (Å²) in [4.78, 5) is 24.3. The van der Waals surface area contributed by atoms with Crippen molar-refractivity contribution in [2.75, 3.05) is 13.2 Å². The number of esters is 1. The second-order valence-corrected chi connectivity index (χ2v) is 11.7. The van der Waals surface area contributed by atoms with Crippen LogP contribution in [0.25, 0.3) is 0 Å². The molecule has 0 spiro atoms. The van der Waals surface area contributed by atoms with E-state index < -0.39 is 6.04 Å². The predicted octanol–water partition coefficient (Wildman–Crippen LogP) is 10.3. The zero-order valence-corrected chi connectivity index (χ0v) is 26.1. The zero-order chi connectivity index (χ0) is 27.9. The monoisotopic (exact) mass is 538 g/mol. The van der Waals surface area contributed by atoms with Gasteiger partial charge in [0.05, 0.1) is 13.2 Å². The van der Waals surface area contributed by atoms with Gasteiger partial charge in [-0.15, -0.1) is 0 Å². The molecule has 0 saturated carbocycles. The Balaban J connectivity index is 3.41. The number of nitrogens with one attached hydrogen (secondary N) is 1. The number of Topliss-reactive ketones (excluding diaryl/α,β-unsaturated/α-hetero) is 1. The Bertz CT molecular complexity index is 508. The zero-order valence-electron chi connectivity index (χ0n) is 26.1. The van der Waals surface area contributed by atoms with Gasteiger partial charge in [0, 0.05) is 6.42 Å². The van der Waals surface area contributed by atoms with Crippen molar-refractivity contribution in [1.82, 2.24) is 5.32 Å². The van der Waals surface area contributed by atoms with Crippen LogP contribution in [0.1, 0.15) is 188 Å². The number of carbonyl (C=O) groups is 2. The van der Waals surface area contributed by atoms with Gasteiger partial charge in [-0.2, -0.15) is 0 Å². The molecule has 0 aliphatic carbocycles. The minimum absolute atomic E-state index is 0.201. The number of carbonyl (C=O) groups excluding carboxylic acids is 2. The fraction of sp³-hybridized carbons (Fsp3) is 0.941. The predicted molar refractivity (Wildman–Crippen MR) is 165 cm³/mol. The number of hydrogen-bond acceptors (Lipinski definition) is 4. The van der Waals surface area contributed by atoms with Crippen molar-refractivity contribution in [2.45, 2.75) is 194 Å². The molecular formula is C34H67NO3. The van der Waals surface area contributed by atoms with E-state index in [4.69, 9.17) is 4.74 Å². The molecular weight excluding hydrogens is 470 g/mol. The van der Waals surface area contributed by atoms with Gasteiger partial charge in [-0.25, -0.2) is 0 Å². The van der Waals surface area contributed by atoms with E-state index in [-0.39, 0.29) is 18.3 Å². The Kier molecular flexibility index (Phi) is 29.9. The van der Waals surface area contributed by atoms with E-state index in [1.54, 1.807) is 6.92 Å². The molecule has 0 aliphatic heterocycles. The molecule has 1 atom stereocenters. The standard InChI is InChI=1S/C34H67NO3/c1-4-6-8-10-12-14-16-17-18-20-22-24-26-28-30-38-34(37)32(3)35-31-33(36)29-27-25-23-21-19-15-13-11-9-7-5-2/h32,35H,4-31H2,1-3H3. The third kappa shape index (κ3) is 28.1. The third-order valence-corrected chi connectivity index (χ3v) is 7.76. The summed E-state index contributed by atoms with van der Waals surface area (Å²) in [6.45, 7) is 7.10. The summed E-state index contributed by atoms with van der Waals surface area (Å²) in [5.41, 5.74) is 0. The SMILES string of the molecule is CCCCCCCCCCCCCCCCOC(=O)C(C)NCC(=O)CCCCCCCCCCCCC. The van der Waals surface area contributed by atoms with Crippen LogP contribution in [0.4, 0.5) is 0 Å². The van der Waals surface area contributed by atoms with Crippen LogP contribution in [0.5, 0.6) is 0 Å². The van der Waals surface area contributed by atoms with Gasteiger partial charge in [0.25, 0.3) is 0 Å². The smallest absolute Gasteiger partial charge is 0.322 e. The van der Waals surface area contributed by atoms with Crippen molar-refractivity contribution in [2.24, 2.45) is 0 Å². The highest BCUT2D eigenvalue weighted by Gasteiger charge is 2.14. The van der Waals surface area contributed by atoms with Crippen LogP contribution in [0.3, 0.4) is 0 Å². The fourth-order valence-corrected chi connectivity index (χ4v) is 5.02. The Morgan fingerprint density at radius 2 is 0.868 bits per heavy atom. The number of unbranched alkanes of at least 4 members (excludes halogenated alkanes) is 23. The summed E-state index contributed by atoms with van der Waals surface area (Å²) in [6, 6.07) is -0.414. The molecule has 0 radical (unpaired) electrons. The highest BCUT2D eigenvalue weighted by Crippen LogP contribution is 2.14. The van der Waals surface area contributed by atoms with Crippen LogP contribution < -0.4 is 5.32 Å². The van der Waals surface area contributed by atoms with Crippen LogP contribution in [0.2, 0.25) is 0 Å². The van der Waals surface area contributed by atoms with E-state index in [1.165, 1.54) is 135 Å². The first-order chi connectivity index (χ1) is 18.6. The summed E-state index contributed by atoms with van der Waals surface area (Å²) < 4.78 is 5.40.